The van der Waals surface area contributed by atoms with E-state index >= 15 is 0 Å². The molecule has 0 fully saturated rings. The van der Waals surface area contributed by atoms with Gasteiger partial charge in [0.2, 0.25) is 5.91 Å². The van der Waals surface area contributed by atoms with Gasteiger partial charge in [-0.2, -0.15) is 0 Å². The zero-order valence-electron chi connectivity index (χ0n) is 44.2. The molecular formula is C60H113NO5. The Morgan fingerprint density at radius 2 is 0.712 bits per heavy atom. The smallest absolute Gasteiger partial charge is 0.305 e. The number of ether oxygens (including phenoxy) is 1. The minimum absolute atomic E-state index is 0.00102. The SMILES string of the molecule is CCCCC/C=C\CCCCCCCC(=O)OCCCCCCCCCCCCC/C=C\CCCCCCCCCC(=O)NC(CO)C(O)/C=C/CCCCCCCCCCCCCCC. The summed E-state index contributed by atoms with van der Waals surface area (Å²) < 4.78 is 5.46. The van der Waals surface area contributed by atoms with E-state index in [1.165, 1.54) is 231 Å². The number of aliphatic hydroxyl groups is 2. The normalized spacial score (nSPS) is 12.8. The number of allylic oxidation sites excluding steroid dienone is 5. The van der Waals surface area contributed by atoms with Crippen molar-refractivity contribution in [1.82, 2.24) is 5.32 Å². The molecule has 66 heavy (non-hydrogen) atoms. The van der Waals surface area contributed by atoms with E-state index in [0.717, 1.165) is 51.4 Å². The molecule has 0 aliphatic carbocycles. The molecule has 0 radical (unpaired) electrons. The Morgan fingerprint density at radius 3 is 1.11 bits per heavy atom. The average Bonchev–Trinajstić information content (AvgIpc) is 3.32. The lowest BCUT2D eigenvalue weighted by atomic mass is 10.0. The van der Waals surface area contributed by atoms with Crippen LogP contribution in [0.3, 0.4) is 0 Å². The fourth-order valence-corrected chi connectivity index (χ4v) is 8.86. The highest BCUT2D eigenvalue weighted by Gasteiger charge is 2.18. The van der Waals surface area contributed by atoms with Crippen LogP contribution in [-0.2, 0) is 14.3 Å². The Labute approximate surface area is 411 Å². The molecule has 0 bridgehead atoms. The van der Waals surface area contributed by atoms with Gasteiger partial charge in [0, 0.05) is 12.8 Å². The molecule has 0 aromatic rings. The highest BCUT2D eigenvalue weighted by molar-refractivity contribution is 5.76. The molecule has 2 atom stereocenters. The van der Waals surface area contributed by atoms with Gasteiger partial charge >= 0.3 is 5.97 Å². The van der Waals surface area contributed by atoms with E-state index in [1.54, 1.807) is 6.08 Å². The molecular weight excluding hydrogens is 815 g/mol. The second kappa shape index (κ2) is 55.7. The van der Waals surface area contributed by atoms with Crippen molar-refractivity contribution < 1.29 is 24.5 Å². The predicted octanol–water partition coefficient (Wildman–Crippen LogP) is 18.0. The van der Waals surface area contributed by atoms with Gasteiger partial charge in [-0.25, -0.2) is 0 Å². The third-order valence-electron chi connectivity index (χ3n) is 13.4. The first-order valence-corrected chi connectivity index (χ1v) is 29.3. The number of carbonyl (C=O) groups excluding carboxylic acids is 2. The van der Waals surface area contributed by atoms with Gasteiger partial charge < -0.3 is 20.3 Å². The molecule has 0 saturated carbocycles. The van der Waals surface area contributed by atoms with Crippen LogP contribution in [0, 0.1) is 0 Å². The highest BCUT2D eigenvalue weighted by Crippen LogP contribution is 2.16. The molecule has 0 heterocycles. The number of unbranched alkanes of at least 4 members (excludes halogenated alkanes) is 39. The van der Waals surface area contributed by atoms with Crippen molar-refractivity contribution in [2.75, 3.05) is 13.2 Å². The van der Waals surface area contributed by atoms with Crippen molar-refractivity contribution in [3.8, 4) is 0 Å². The van der Waals surface area contributed by atoms with Crippen LogP contribution in [0.15, 0.2) is 36.5 Å². The third-order valence-corrected chi connectivity index (χ3v) is 13.4. The molecule has 6 nitrogen and oxygen atoms in total. The van der Waals surface area contributed by atoms with Crippen LogP contribution in [0.1, 0.15) is 309 Å². The van der Waals surface area contributed by atoms with E-state index in [1.807, 2.05) is 6.08 Å². The van der Waals surface area contributed by atoms with Crippen LogP contribution in [0.4, 0.5) is 0 Å². The number of hydrogen-bond acceptors (Lipinski definition) is 5. The Bertz CT molecular complexity index is 1070. The van der Waals surface area contributed by atoms with E-state index in [-0.39, 0.29) is 18.5 Å². The van der Waals surface area contributed by atoms with E-state index in [9.17, 15) is 19.8 Å². The molecule has 0 saturated heterocycles. The van der Waals surface area contributed by atoms with E-state index in [4.69, 9.17) is 4.74 Å². The summed E-state index contributed by atoms with van der Waals surface area (Å²) in [5.74, 6) is -0.0755. The van der Waals surface area contributed by atoms with Gasteiger partial charge in [0.25, 0.3) is 0 Å². The van der Waals surface area contributed by atoms with E-state index < -0.39 is 12.1 Å². The number of hydrogen-bond donors (Lipinski definition) is 3. The zero-order chi connectivity index (χ0) is 47.9. The van der Waals surface area contributed by atoms with Crippen molar-refractivity contribution in [2.24, 2.45) is 0 Å². The molecule has 0 spiro atoms. The van der Waals surface area contributed by atoms with Gasteiger partial charge in [0.15, 0.2) is 0 Å². The van der Waals surface area contributed by atoms with E-state index in [0.29, 0.717) is 19.4 Å². The number of carbonyl (C=O) groups is 2. The largest absolute Gasteiger partial charge is 0.466 e. The number of amides is 1. The Balaban J connectivity index is 3.45. The minimum atomic E-state index is -0.849. The van der Waals surface area contributed by atoms with Crippen LogP contribution in [-0.4, -0.2) is 47.4 Å². The first-order chi connectivity index (χ1) is 32.5. The zero-order valence-corrected chi connectivity index (χ0v) is 44.2. The van der Waals surface area contributed by atoms with Crippen molar-refractivity contribution in [3.63, 3.8) is 0 Å². The predicted molar refractivity (Wildman–Crippen MR) is 287 cm³/mol. The molecule has 0 aromatic carbocycles. The first-order valence-electron chi connectivity index (χ1n) is 29.3. The molecule has 3 N–H and O–H groups in total. The maximum absolute atomic E-state index is 12.4. The monoisotopic (exact) mass is 928 g/mol. The number of rotatable bonds is 54. The Kier molecular flexibility index (Phi) is 54.1. The number of aliphatic hydroxyl groups excluding tert-OH is 2. The topological polar surface area (TPSA) is 95.9 Å². The number of nitrogens with one attached hydrogen (secondary N) is 1. The quantitative estimate of drug-likeness (QED) is 0.0321. The maximum atomic E-state index is 12.4. The second-order valence-corrected chi connectivity index (χ2v) is 20.0. The highest BCUT2D eigenvalue weighted by atomic mass is 16.5. The standard InChI is InChI=1S/C60H113NO5/c1-3-5-7-9-11-13-15-17-26-29-32-36-40-44-48-52-58(63)57(56-62)61-59(64)53-49-45-41-37-33-30-27-24-22-20-18-19-21-23-25-28-31-35-39-43-47-51-55-66-60(65)54-50-46-42-38-34-16-14-12-10-8-6-4-2/h12,14,20,22,48,52,57-58,62-63H,3-11,13,15-19,21,23-47,49-51,53-56H2,1-2H3,(H,61,64)/b14-12-,22-20-,52-48+. The number of esters is 1. The second-order valence-electron chi connectivity index (χ2n) is 20.0. The van der Waals surface area contributed by atoms with Crippen LogP contribution >= 0.6 is 0 Å². The lowest BCUT2D eigenvalue weighted by molar-refractivity contribution is -0.143. The third kappa shape index (κ3) is 51.5. The van der Waals surface area contributed by atoms with Crippen LogP contribution in [0.25, 0.3) is 0 Å². The van der Waals surface area contributed by atoms with Crippen molar-refractivity contribution >= 4 is 11.9 Å². The summed E-state index contributed by atoms with van der Waals surface area (Å²) >= 11 is 0. The fourth-order valence-electron chi connectivity index (χ4n) is 8.86. The Hall–Kier alpha value is -1.92. The molecule has 1 amide bonds. The average molecular weight is 929 g/mol. The van der Waals surface area contributed by atoms with Crippen LogP contribution in [0.2, 0.25) is 0 Å². The molecule has 2 unspecified atom stereocenters. The Morgan fingerprint density at radius 1 is 0.409 bits per heavy atom. The van der Waals surface area contributed by atoms with Crippen molar-refractivity contribution in [1.29, 1.82) is 0 Å². The van der Waals surface area contributed by atoms with Crippen molar-refractivity contribution in [3.05, 3.63) is 36.5 Å². The summed E-state index contributed by atoms with van der Waals surface area (Å²) in [5.41, 5.74) is 0. The van der Waals surface area contributed by atoms with Gasteiger partial charge in [-0.3, -0.25) is 9.59 Å². The van der Waals surface area contributed by atoms with E-state index in [2.05, 4.69) is 43.5 Å². The summed E-state index contributed by atoms with van der Waals surface area (Å²) in [6, 6.07) is -0.633. The summed E-state index contributed by atoms with van der Waals surface area (Å²) in [6.07, 6.45) is 68.8. The summed E-state index contributed by atoms with van der Waals surface area (Å²) in [4.78, 5) is 24.4. The van der Waals surface area contributed by atoms with Gasteiger partial charge in [-0.1, -0.05) is 249 Å². The first kappa shape index (κ1) is 64.1. The van der Waals surface area contributed by atoms with Gasteiger partial charge in [-0.05, 0) is 83.5 Å². The fraction of sp³-hybridized carbons (Fsp3) is 0.867. The maximum Gasteiger partial charge on any atom is 0.305 e. The lowest BCUT2D eigenvalue weighted by Crippen LogP contribution is -2.45. The molecule has 0 rings (SSSR count). The molecule has 0 aliphatic rings. The molecule has 6 heteroatoms. The van der Waals surface area contributed by atoms with Gasteiger partial charge in [0.05, 0.1) is 25.4 Å². The molecule has 0 aromatic heterocycles. The minimum Gasteiger partial charge on any atom is -0.466 e. The van der Waals surface area contributed by atoms with Crippen molar-refractivity contribution in [2.45, 2.75) is 321 Å². The summed E-state index contributed by atoms with van der Waals surface area (Å²) in [6.45, 7) is 4.88. The lowest BCUT2D eigenvalue weighted by Gasteiger charge is -2.20. The summed E-state index contributed by atoms with van der Waals surface area (Å²) in [7, 11) is 0. The molecule has 388 valence electrons. The summed E-state index contributed by atoms with van der Waals surface area (Å²) in [5, 5.41) is 23.1. The van der Waals surface area contributed by atoms with Crippen LogP contribution < -0.4 is 5.32 Å². The van der Waals surface area contributed by atoms with Gasteiger partial charge in [-0.15, -0.1) is 0 Å². The van der Waals surface area contributed by atoms with Crippen LogP contribution in [0.5, 0.6) is 0 Å². The molecule has 0 aliphatic heterocycles. The van der Waals surface area contributed by atoms with Gasteiger partial charge in [0.1, 0.15) is 0 Å².